The quantitative estimate of drug-likeness (QED) is 0.362. The van der Waals surface area contributed by atoms with E-state index in [9.17, 15) is 24.0 Å². The first-order valence-electron chi connectivity index (χ1n) is 15.1. The number of ether oxygens (including phenoxy) is 1. The Kier molecular flexibility index (Phi) is 7.87. The van der Waals surface area contributed by atoms with Gasteiger partial charge in [0.2, 0.25) is 17.6 Å². The van der Waals surface area contributed by atoms with Crippen LogP contribution in [0.4, 0.5) is 4.79 Å². The zero-order valence-electron chi connectivity index (χ0n) is 25.3. The molecule has 2 unspecified atom stereocenters. The third-order valence-corrected chi connectivity index (χ3v) is 9.63. The minimum atomic E-state index is -1.08. The minimum absolute atomic E-state index is 0.0963. The van der Waals surface area contributed by atoms with Crippen LogP contribution in [-0.4, -0.2) is 65.8 Å². The number of nitrogens with two attached hydrogens (primary N) is 1. The molecule has 10 nitrogen and oxygen atoms in total. The summed E-state index contributed by atoms with van der Waals surface area (Å²) in [6.07, 6.45) is 2.80. The van der Waals surface area contributed by atoms with Gasteiger partial charge in [0.25, 0.3) is 5.91 Å². The number of amides is 4. The molecule has 4 aliphatic rings. The fourth-order valence-corrected chi connectivity index (χ4v) is 7.00. The largest absolute Gasteiger partial charge is 0.449 e. The van der Waals surface area contributed by atoms with Crippen LogP contribution in [0.1, 0.15) is 65.0 Å². The average Bonchev–Trinajstić information content (AvgIpc) is 3.67. The van der Waals surface area contributed by atoms with E-state index >= 15 is 0 Å². The molecule has 2 saturated carbocycles. The number of nitrogens with one attached hydrogen (secondary N) is 2. The van der Waals surface area contributed by atoms with E-state index in [4.69, 9.17) is 10.5 Å². The number of alkyl carbamates (subject to hydrolysis) is 1. The van der Waals surface area contributed by atoms with Crippen molar-refractivity contribution in [2.75, 3.05) is 13.2 Å². The number of likely N-dealkylation sites (tertiary alicyclic amines) is 1. The highest BCUT2D eigenvalue weighted by Crippen LogP contribution is 2.65. The summed E-state index contributed by atoms with van der Waals surface area (Å²) in [4.78, 5) is 67.1. The summed E-state index contributed by atoms with van der Waals surface area (Å²) in [7, 11) is 0. The second-order valence-electron chi connectivity index (χ2n) is 14.6. The Morgan fingerprint density at radius 3 is 2.21 bits per heavy atom. The Labute approximate surface area is 247 Å². The van der Waals surface area contributed by atoms with E-state index in [1.807, 2.05) is 45.0 Å². The molecule has 5 rings (SSSR count). The number of carbonyl (C=O) groups excluding carboxylic acids is 5. The monoisotopic (exact) mass is 580 g/mol. The number of benzene rings is 1. The van der Waals surface area contributed by atoms with Crippen molar-refractivity contribution in [1.29, 1.82) is 0 Å². The SMILES string of the molecule is CC(C)(C)COC(=O)N[C@H](C(=O)N1CC2[C@@H]([C@H]1C(=O)NC(CC1CC1)C(=O)C(N)=O)C2(C)C)C1Cc2ccccc2C1. The smallest absolute Gasteiger partial charge is 0.407 e. The van der Waals surface area contributed by atoms with Crippen LogP contribution in [0.5, 0.6) is 0 Å². The molecule has 3 fully saturated rings. The zero-order valence-corrected chi connectivity index (χ0v) is 25.3. The van der Waals surface area contributed by atoms with E-state index in [0.29, 0.717) is 25.8 Å². The van der Waals surface area contributed by atoms with Gasteiger partial charge in [-0.05, 0) is 64.9 Å². The Morgan fingerprint density at radius 2 is 1.67 bits per heavy atom. The van der Waals surface area contributed by atoms with Crippen LogP contribution in [0.2, 0.25) is 0 Å². The van der Waals surface area contributed by atoms with Crippen LogP contribution >= 0.6 is 0 Å². The van der Waals surface area contributed by atoms with Crippen molar-refractivity contribution in [1.82, 2.24) is 15.5 Å². The second kappa shape index (κ2) is 11.0. The van der Waals surface area contributed by atoms with Crippen molar-refractivity contribution < 1.29 is 28.7 Å². The van der Waals surface area contributed by atoms with Crippen LogP contribution in [0.15, 0.2) is 24.3 Å². The molecule has 0 aromatic heterocycles. The summed E-state index contributed by atoms with van der Waals surface area (Å²) in [5.74, 6) is -2.60. The number of fused-ring (bicyclic) bond motifs is 2. The van der Waals surface area contributed by atoms with Gasteiger partial charge in [-0.1, -0.05) is 71.7 Å². The van der Waals surface area contributed by atoms with Crippen molar-refractivity contribution in [3.8, 4) is 0 Å². The summed E-state index contributed by atoms with van der Waals surface area (Å²) in [6.45, 7) is 10.6. The van der Waals surface area contributed by atoms with E-state index in [-0.39, 0.29) is 47.0 Å². The molecule has 1 saturated heterocycles. The third kappa shape index (κ3) is 6.17. The van der Waals surface area contributed by atoms with Crippen molar-refractivity contribution in [3.05, 3.63) is 35.4 Å². The van der Waals surface area contributed by atoms with Crippen LogP contribution in [0, 0.1) is 34.5 Å². The Morgan fingerprint density at radius 1 is 1.05 bits per heavy atom. The van der Waals surface area contributed by atoms with Gasteiger partial charge >= 0.3 is 6.09 Å². The first kappa shape index (κ1) is 30.0. The molecule has 4 N–H and O–H groups in total. The van der Waals surface area contributed by atoms with Crippen LogP contribution in [0.25, 0.3) is 0 Å². The van der Waals surface area contributed by atoms with Crippen LogP contribution < -0.4 is 16.4 Å². The summed E-state index contributed by atoms with van der Waals surface area (Å²) < 4.78 is 5.49. The van der Waals surface area contributed by atoms with Gasteiger partial charge < -0.3 is 26.0 Å². The number of primary amides is 1. The first-order valence-corrected chi connectivity index (χ1v) is 15.1. The molecule has 1 aromatic carbocycles. The Balaban J connectivity index is 1.38. The molecule has 228 valence electrons. The fraction of sp³-hybridized carbons (Fsp3) is 0.656. The van der Waals surface area contributed by atoms with Gasteiger partial charge in [-0.15, -0.1) is 0 Å². The molecule has 10 heteroatoms. The van der Waals surface area contributed by atoms with Crippen molar-refractivity contribution in [2.24, 2.45) is 40.2 Å². The summed E-state index contributed by atoms with van der Waals surface area (Å²) >= 11 is 0. The minimum Gasteiger partial charge on any atom is -0.449 e. The molecule has 0 bridgehead atoms. The molecule has 42 heavy (non-hydrogen) atoms. The molecule has 3 aliphatic carbocycles. The van der Waals surface area contributed by atoms with E-state index in [0.717, 1.165) is 24.0 Å². The second-order valence-corrected chi connectivity index (χ2v) is 14.6. The maximum atomic E-state index is 14.4. The van der Waals surface area contributed by atoms with E-state index in [1.165, 1.54) is 0 Å². The highest BCUT2D eigenvalue weighted by atomic mass is 16.5. The molecule has 4 amide bonds. The maximum absolute atomic E-state index is 14.4. The van der Waals surface area contributed by atoms with Crippen molar-refractivity contribution >= 4 is 29.6 Å². The molecule has 5 atom stereocenters. The van der Waals surface area contributed by atoms with Gasteiger partial charge in [0.15, 0.2) is 0 Å². The predicted octanol–water partition coefficient (Wildman–Crippen LogP) is 2.36. The lowest BCUT2D eigenvalue weighted by Crippen LogP contribution is -2.59. The fourth-order valence-electron chi connectivity index (χ4n) is 7.00. The Bertz CT molecular complexity index is 1260. The number of hydrogen-bond acceptors (Lipinski definition) is 6. The van der Waals surface area contributed by atoms with E-state index in [1.54, 1.807) is 4.90 Å². The number of carbonyl (C=O) groups is 5. The highest BCUT2D eigenvalue weighted by Gasteiger charge is 2.69. The average molecular weight is 581 g/mol. The molecule has 1 heterocycles. The molecule has 0 spiro atoms. The summed E-state index contributed by atoms with van der Waals surface area (Å²) in [5.41, 5.74) is 7.18. The van der Waals surface area contributed by atoms with Crippen molar-refractivity contribution in [3.63, 3.8) is 0 Å². The number of hydrogen-bond donors (Lipinski definition) is 3. The molecule has 1 aromatic rings. The van der Waals surface area contributed by atoms with Gasteiger partial charge in [0, 0.05) is 6.54 Å². The highest BCUT2D eigenvalue weighted by molar-refractivity contribution is 6.37. The molecule has 0 radical (unpaired) electrons. The lowest BCUT2D eigenvalue weighted by atomic mass is 9.93. The number of piperidine rings is 1. The topological polar surface area (TPSA) is 148 Å². The number of Topliss-reactive ketones (excluding diaryl/α,β-unsaturated/α-hetero) is 1. The lowest BCUT2D eigenvalue weighted by Gasteiger charge is -2.35. The molecular formula is C32H44N4O6. The summed E-state index contributed by atoms with van der Waals surface area (Å²) in [5, 5.41) is 5.66. The van der Waals surface area contributed by atoms with Gasteiger partial charge in [0.1, 0.15) is 12.1 Å². The normalized spacial score (nSPS) is 25.5. The first-order chi connectivity index (χ1) is 19.7. The molecule has 1 aliphatic heterocycles. The molecular weight excluding hydrogens is 536 g/mol. The van der Waals surface area contributed by atoms with Gasteiger partial charge in [-0.3, -0.25) is 19.2 Å². The predicted molar refractivity (Wildman–Crippen MR) is 155 cm³/mol. The van der Waals surface area contributed by atoms with Gasteiger partial charge in [-0.25, -0.2) is 4.79 Å². The van der Waals surface area contributed by atoms with Crippen molar-refractivity contribution in [2.45, 2.75) is 84.8 Å². The standard InChI is InChI=1S/C32H44N4O6/c1-31(2,3)16-42-30(41)35-24(20-13-18-8-6-7-9-19(18)14-20)29(40)36-15-21-23(32(21,4)5)25(36)28(39)34-22(12-17-10-11-17)26(37)27(33)38/h6-9,17,20-25H,10-16H2,1-5H3,(H2,33,38)(H,34,39)(H,35,41)/t21?,22?,23-,24-,25-/m0/s1. The number of nitrogens with zero attached hydrogens (tertiary/aromatic N) is 1. The third-order valence-electron chi connectivity index (χ3n) is 9.63. The van der Waals surface area contributed by atoms with Gasteiger partial charge in [0.05, 0.1) is 12.6 Å². The van der Waals surface area contributed by atoms with E-state index in [2.05, 4.69) is 24.5 Å². The summed E-state index contributed by atoms with van der Waals surface area (Å²) in [6, 6.07) is 5.28. The van der Waals surface area contributed by atoms with Crippen LogP contribution in [0.3, 0.4) is 0 Å². The lowest BCUT2D eigenvalue weighted by molar-refractivity contribution is -0.144. The maximum Gasteiger partial charge on any atom is 0.407 e. The zero-order chi connectivity index (χ0) is 30.6. The van der Waals surface area contributed by atoms with E-state index < -0.39 is 41.8 Å². The number of rotatable bonds is 10. The Hall–Kier alpha value is -3.43. The number of ketones is 1. The van der Waals surface area contributed by atoms with Crippen LogP contribution in [-0.2, 0) is 36.8 Å². The van der Waals surface area contributed by atoms with Gasteiger partial charge in [-0.2, -0.15) is 0 Å².